The molecule has 1 amide bonds. The van der Waals surface area contributed by atoms with E-state index in [4.69, 9.17) is 0 Å². The molecule has 1 aliphatic heterocycles. The first-order valence-electron chi connectivity index (χ1n) is 5.85. The molecular weight excluding hydrogens is 208 g/mol. The Morgan fingerprint density at radius 1 is 1.60 bits per heavy atom. The molecule has 0 spiro atoms. The van der Waals surface area contributed by atoms with Crippen molar-refractivity contribution in [3.05, 3.63) is 0 Å². The summed E-state index contributed by atoms with van der Waals surface area (Å²) in [5, 5.41) is 6.32. The van der Waals surface area contributed by atoms with E-state index in [0.29, 0.717) is 0 Å². The molecule has 3 nitrogen and oxygen atoms in total. The lowest BCUT2D eigenvalue weighted by molar-refractivity contribution is -0.124. The van der Waals surface area contributed by atoms with Crippen LogP contribution in [0.5, 0.6) is 0 Å². The fourth-order valence-electron chi connectivity index (χ4n) is 1.76. The molecule has 1 heterocycles. The van der Waals surface area contributed by atoms with E-state index < -0.39 is 0 Å². The van der Waals surface area contributed by atoms with Crippen LogP contribution in [0.25, 0.3) is 0 Å². The van der Waals surface area contributed by atoms with Crippen molar-refractivity contribution in [3.8, 4) is 0 Å². The average molecular weight is 230 g/mol. The van der Waals surface area contributed by atoms with Gasteiger partial charge in [0.05, 0.1) is 6.04 Å². The average Bonchev–Trinajstić information content (AvgIpc) is 2.27. The summed E-state index contributed by atoms with van der Waals surface area (Å²) in [6, 6.07) is 0.332. The number of hydrogen-bond acceptors (Lipinski definition) is 3. The zero-order valence-electron chi connectivity index (χ0n) is 9.71. The van der Waals surface area contributed by atoms with E-state index in [9.17, 15) is 4.79 Å². The lowest BCUT2D eigenvalue weighted by Gasteiger charge is -2.24. The summed E-state index contributed by atoms with van der Waals surface area (Å²) >= 11 is 1.87. The number of carbonyl (C=O) groups is 1. The fraction of sp³-hybridized carbons (Fsp3) is 0.909. The highest BCUT2D eigenvalue weighted by molar-refractivity contribution is 7.99. The summed E-state index contributed by atoms with van der Waals surface area (Å²) in [6.07, 6.45) is 3.35. The molecule has 1 aliphatic rings. The Morgan fingerprint density at radius 2 is 2.40 bits per heavy atom. The van der Waals surface area contributed by atoms with Gasteiger partial charge in [-0.15, -0.1) is 0 Å². The standard InChI is InChI=1S/C11H22N2OS/c1-3-15-8-9(2)13-11(14)10-6-4-5-7-12-10/h9-10,12H,3-8H2,1-2H3,(H,13,14). The predicted molar refractivity (Wildman–Crippen MR) is 66.2 cm³/mol. The maximum Gasteiger partial charge on any atom is 0.237 e. The highest BCUT2D eigenvalue weighted by atomic mass is 32.2. The van der Waals surface area contributed by atoms with Crippen molar-refractivity contribution < 1.29 is 4.79 Å². The van der Waals surface area contributed by atoms with Crippen molar-refractivity contribution in [2.75, 3.05) is 18.1 Å². The van der Waals surface area contributed by atoms with Crippen LogP contribution >= 0.6 is 11.8 Å². The molecule has 1 saturated heterocycles. The van der Waals surface area contributed by atoms with Gasteiger partial charge in [0.25, 0.3) is 0 Å². The van der Waals surface area contributed by atoms with Crippen molar-refractivity contribution in [2.24, 2.45) is 0 Å². The summed E-state index contributed by atoms with van der Waals surface area (Å²) in [5.74, 6) is 2.30. The minimum Gasteiger partial charge on any atom is -0.351 e. The van der Waals surface area contributed by atoms with Crippen molar-refractivity contribution >= 4 is 17.7 Å². The van der Waals surface area contributed by atoms with Crippen LogP contribution in [0.2, 0.25) is 0 Å². The van der Waals surface area contributed by atoms with Gasteiger partial charge in [-0.1, -0.05) is 13.3 Å². The fourth-order valence-corrected chi connectivity index (χ4v) is 2.43. The molecule has 0 aliphatic carbocycles. The van der Waals surface area contributed by atoms with E-state index in [1.54, 1.807) is 0 Å². The molecule has 0 bridgehead atoms. The van der Waals surface area contributed by atoms with Crippen molar-refractivity contribution in [1.29, 1.82) is 0 Å². The third-order valence-electron chi connectivity index (χ3n) is 2.59. The van der Waals surface area contributed by atoms with E-state index in [-0.39, 0.29) is 18.0 Å². The molecule has 2 N–H and O–H groups in total. The Morgan fingerprint density at radius 3 is 3.00 bits per heavy atom. The maximum atomic E-state index is 11.8. The van der Waals surface area contributed by atoms with E-state index in [1.165, 1.54) is 12.8 Å². The molecule has 0 aromatic carbocycles. The third kappa shape index (κ3) is 4.89. The molecule has 4 heteroatoms. The smallest absolute Gasteiger partial charge is 0.237 e. The Labute approximate surface area is 96.8 Å². The number of nitrogens with one attached hydrogen (secondary N) is 2. The van der Waals surface area contributed by atoms with Gasteiger partial charge in [-0.2, -0.15) is 11.8 Å². The summed E-state index contributed by atoms with van der Waals surface area (Å²) in [4.78, 5) is 11.8. The Kier molecular flexibility index (Phi) is 6.10. The van der Waals surface area contributed by atoms with Gasteiger partial charge >= 0.3 is 0 Å². The van der Waals surface area contributed by atoms with E-state index >= 15 is 0 Å². The summed E-state index contributed by atoms with van der Waals surface area (Å²) < 4.78 is 0. The largest absolute Gasteiger partial charge is 0.351 e. The van der Waals surface area contributed by atoms with Gasteiger partial charge in [-0.05, 0) is 32.1 Å². The van der Waals surface area contributed by atoms with Gasteiger partial charge in [0.1, 0.15) is 0 Å². The van der Waals surface area contributed by atoms with Gasteiger partial charge in [-0.3, -0.25) is 4.79 Å². The van der Waals surface area contributed by atoms with Crippen LogP contribution in [0.3, 0.4) is 0 Å². The SMILES string of the molecule is CCSCC(C)NC(=O)C1CCCCN1. The number of amides is 1. The Bertz CT molecular complexity index is 193. The second-order valence-electron chi connectivity index (χ2n) is 4.07. The minimum absolute atomic E-state index is 0.0489. The van der Waals surface area contributed by atoms with Gasteiger partial charge in [-0.25, -0.2) is 0 Å². The molecular formula is C11H22N2OS. The zero-order valence-corrected chi connectivity index (χ0v) is 10.5. The molecule has 1 rings (SSSR count). The number of rotatable bonds is 5. The topological polar surface area (TPSA) is 41.1 Å². The van der Waals surface area contributed by atoms with Gasteiger partial charge in [0.2, 0.25) is 5.91 Å². The van der Waals surface area contributed by atoms with E-state index in [1.807, 2.05) is 11.8 Å². The quantitative estimate of drug-likeness (QED) is 0.750. The molecule has 2 unspecified atom stereocenters. The highest BCUT2D eigenvalue weighted by Crippen LogP contribution is 2.08. The van der Waals surface area contributed by atoms with E-state index in [2.05, 4.69) is 24.5 Å². The van der Waals surface area contributed by atoms with Crippen LogP contribution in [-0.4, -0.2) is 36.0 Å². The van der Waals surface area contributed by atoms with Crippen LogP contribution in [0.4, 0.5) is 0 Å². The Hall–Kier alpha value is -0.220. The monoisotopic (exact) mass is 230 g/mol. The van der Waals surface area contributed by atoms with Crippen LogP contribution < -0.4 is 10.6 Å². The summed E-state index contributed by atoms with van der Waals surface area (Å²) in [7, 11) is 0. The highest BCUT2D eigenvalue weighted by Gasteiger charge is 2.21. The van der Waals surface area contributed by atoms with Crippen LogP contribution in [-0.2, 0) is 4.79 Å². The Balaban J connectivity index is 2.21. The van der Waals surface area contributed by atoms with Gasteiger partial charge in [0.15, 0.2) is 0 Å². The second kappa shape index (κ2) is 7.12. The first-order chi connectivity index (χ1) is 7.24. The van der Waals surface area contributed by atoms with Gasteiger partial charge < -0.3 is 10.6 Å². The minimum atomic E-state index is 0.0489. The molecule has 88 valence electrons. The predicted octanol–water partition coefficient (Wildman–Crippen LogP) is 1.39. The molecule has 1 fully saturated rings. The number of carbonyl (C=O) groups excluding carboxylic acids is 1. The van der Waals surface area contributed by atoms with E-state index in [0.717, 1.165) is 24.5 Å². The number of thioether (sulfide) groups is 1. The first kappa shape index (κ1) is 12.8. The molecule has 0 aromatic heterocycles. The molecule has 0 radical (unpaired) electrons. The van der Waals surface area contributed by atoms with Crippen molar-refractivity contribution in [2.45, 2.75) is 45.2 Å². The van der Waals surface area contributed by atoms with Gasteiger partial charge in [0, 0.05) is 11.8 Å². The molecule has 0 aromatic rings. The van der Waals surface area contributed by atoms with Crippen molar-refractivity contribution in [1.82, 2.24) is 10.6 Å². The summed E-state index contributed by atoms with van der Waals surface area (Å²) in [5.41, 5.74) is 0. The lowest BCUT2D eigenvalue weighted by Crippen LogP contribution is -2.49. The number of hydrogen-bond donors (Lipinski definition) is 2. The van der Waals surface area contributed by atoms with Crippen LogP contribution in [0.1, 0.15) is 33.1 Å². The molecule has 0 saturated carbocycles. The number of piperidine rings is 1. The normalized spacial score (nSPS) is 23.5. The third-order valence-corrected chi connectivity index (χ3v) is 3.73. The van der Waals surface area contributed by atoms with Crippen molar-refractivity contribution in [3.63, 3.8) is 0 Å². The second-order valence-corrected chi connectivity index (χ2v) is 5.39. The molecule has 2 atom stereocenters. The van der Waals surface area contributed by atoms with Crippen LogP contribution in [0.15, 0.2) is 0 Å². The lowest BCUT2D eigenvalue weighted by atomic mass is 10.0. The zero-order chi connectivity index (χ0) is 11.1. The maximum absolute atomic E-state index is 11.8. The molecule has 15 heavy (non-hydrogen) atoms. The summed E-state index contributed by atoms with van der Waals surface area (Å²) in [6.45, 7) is 5.20. The van der Waals surface area contributed by atoms with Crippen LogP contribution in [0, 0.1) is 0 Å². The first-order valence-corrected chi connectivity index (χ1v) is 7.01.